The van der Waals surface area contributed by atoms with Crippen molar-refractivity contribution >= 4 is 45.9 Å². The van der Waals surface area contributed by atoms with Gasteiger partial charge in [0.1, 0.15) is 0 Å². The molecule has 0 aliphatic carbocycles. The van der Waals surface area contributed by atoms with Crippen LogP contribution in [-0.4, -0.2) is 16.5 Å². The molecule has 1 fully saturated rings. The van der Waals surface area contributed by atoms with Crippen molar-refractivity contribution in [2.45, 2.75) is 11.6 Å². The van der Waals surface area contributed by atoms with Gasteiger partial charge in [-0.15, -0.1) is 0 Å². The van der Waals surface area contributed by atoms with Gasteiger partial charge < -0.3 is 5.32 Å². The van der Waals surface area contributed by atoms with Crippen molar-refractivity contribution in [2.75, 3.05) is 10.2 Å². The maximum atomic E-state index is 12.9. The fourth-order valence-corrected chi connectivity index (χ4v) is 3.42. The molecule has 0 spiro atoms. The number of imide groups is 1. The smallest absolute Gasteiger partial charge is 0.365 e. The lowest BCUT2D eigenvalue weighted by Gasteiger charge is -2.16. The molecular formula is C16H10ClF3N2O2S. The van der Waals surface area contributed by atoms with E-state index in [1.807, 2.05) is 0 Å². The van der Waals surface area contributed by atoms with E-state index in [2.05, 4.69) is 5.32 Å². The summed E-state index contributed by atoms with van der Waals surface area (Å²) in [4.78, 5) is 25.5. The van der Waals surface area contributed by atoms with Gasteiger partial charge in [-0.25, -0.2) is 4.90 Å². The first-order chi connectivity index (χ1) is 11.8. The zero-order valence-corrected chi connectivity index (χ0v) is 14.0. The Labute approximate surface area is 149 Å². The number of rotatable bonds is 3. The minimum Gasteiger partial charge on any atom is -0.365 e. The second kappa shape index (κ2) is 6.61. The number of carbonyl (C=O) groups is 2. The van der Waals surface area contributed by atoms with Crippen molar-refractivity contribution in [1.29, 1.82) is 0 Å². The summed E-state index contributed by atoms with van der Waals surface area (Å²) >= 11 is 6.27. The van der Waals surface area contributed by atoms with Gasteiger partial charge in [0.2, 0.25) is 0 Å². The predicted octanol–water partition coefficient (Wildman–Crippen LogP) is 5.00. The van der Waals surface area contributed by atoms with Crippen LogP contribution < -0.4 is 10.2 Å². The summed E-state index contributed by atoms with van der Waals surface area (Å²) in [5.41, 5.74) is -0.562. The lowest BCUT2D eigenvalue weighted by atomic mass is 10.2. The van der Waals surface area contributed by atoms with Crippen molar-refractivity contribution in [3.8, 4) is 0 Å². The van der Waals surface area contributed by atoms with E-state index in [1.165, 1.54) is 6.07 Å². The Morgan fingerprint density at radius 2 is 1.76 bits per heavy atom. The first-order valence-corrected chi connectivity index (χ1v) is 8.26. The molecule has 3 rings (SSSR count). The SMILES string of the molecule is O=C1SC(Nc2ccc(Cl)c(C(F)(F)F)c2)C(=O)N1c1ccccc1. The quantitative estimate of drug-likeness (QED) is 0.806. The van der Waals surface area contributed by atoms with Crippen molar-refractivity contribution in [3.63, 3.8) is 0 Å². The number of nitrogens with zero attached hydrogens (tertiary/aromatic N) is 1. The number of para-hydroxylation sites is 1. The van der Waals surface area contributed by atoms with Crippen LogP contribution in [0.25, 0.3) is 0 Å². The monoisotopic (exact) mass is 386 g/mol. The lowest BCUT2D eigenvalue weighted by molar-refractivity contribution is -0.137. The molecule has 1 heterocycles. The molecule has 1 atom stereocenters. The maximum Gasteiger partial charge on any atom is 0.417 e. The Morgan fingerprint density at radius 1 is 1.08 bits per heavy atom. The van der Waals surface area contributed by atoms with Gasteiger partial charge in [-0.1, -0.05) is 29.8 Å². The summed E-state index contributed by atoms with van der Waals surface area (Å²) in [6.45, 7) is 0. The summed E-state index contributed by atoms with van der Waals surface area (Å²) in [5, 5.41) is 0.694. The summed E-state index contributed by atoms with van der Waals surface area (Å²) in [7, 11) is 0. The minimum atomic E-state index is -4.62. The van der Waals surface area contributed by atoms with E-state index in [0.717, 1.165) is 17.0 Å². The number of halogens is 4. The molecule has 1 saturated heterocycles. The predicted molar refractivity (Wildman–Crippen MR) is 90.8 cm³/mol. The van der Waals surface area contributed by atoms with Gasteiger partial charge in [-0.3, -0.25) is 9.59 Å². The molecule has 1 aliphatic heterocycles. The normalized spacial score (nSPS) is 17.9. The van der Waals surface area contributed by atoms with Crippen molar-refractivity contribution in [3.05, 3.63) is 59.1 Å². The van der Waals surface area contributed by atoms with E-state index >= 15 is 0 Å². The van der Waals surface area contributed by atoms with E-state index < -0.39 is 33.3 Å². The van der Waals surface area contributed by atoms with Gasteiger partial charge in [-0.2, -0.15) is 13.2 Å². The number of anilines is 2. The highest BCUT2D eigenvalue weighted by atomic mass is 35.5. The third-order valence-electron chi connectivity index (χ3n) is 3.43. The fraction of sp³-hybridized carbons (Fsp3) is 0.125. The Hall–Kier alpha value is -2.19. The average Bonchev–Trinajstić information content (AvgIpc) is 2.83. The van der Waals surface area contributed by atoms with Crippen molar-refractivity contribution in [2.24, 2.45) is 0 Å². The highest BCUT2D eigenvalue weighted by Crippen LogP contribution is 2.37. The Bertz CT molecular complexity index is 830. The Kier molecular flexibility index (Phi) is 4.66. The van der Waals surface area contributed by atoms with E-state index in [4.69, 9.17) is 11.6 Å². The standard InChI is InChI=1S/C16H10ClF3N2O2S/c17-12-7-6-9(8-11(12)16(18,19)20)21-13-14(23)22(15(24)25-13)10-4-2-1-3-5-10/h1-8,13,21H. The molecule has 0 bridgehead atoms. The lowest BCUT2D eigenvalue weighted by Crippen LogP contribution is -2.34. The van der Waals surface area contributed by atoms with Crippen LogP contribution in [0.2, 0.25) is 5.02 Å². The first-order valence-electron chi connectivity index (χ1n) is 7.00. The molecule has 0 saturated carbocycles. The van der Waals surface area contributed by atoms with Crippen LogP contribution in [0.1, 0.15) is 5.56 Å². The van der Waals surface area contributed by atoms with Gasteiger partial charge in [-0.05, 0) is 42.1 Å². The Balaban J connectivity index is 1.83. The molecule has 2 aromatic carbocycles. The summed E-state index contributed by atoms with van der Waals surface area (Å²) < 4.78 is 38.8. The highest BCUT2D eigenvalue weighted by molar-refractivity contribution is 8.16. The molecular weight excluding hydrogens is 377 g/mol. The molecule has 9 heteroatoms. The number of nitrogens with one attached hydrogen (secondary N) is 1. The number of amides is 2. The number of alkyl halides is 3. The number of carbonyl (C=O) groups excluding carboxylic acids is 2. The average molecular weight is 387 g/mol. The molecule has 4 nitrogen and oxygen atoms in total. The second-order valence-corrected chi connectivity index (χ2v) is 6.57. The fourth-order valence-electron chi connectivity index (χ4n) is 2.30. The summed E-state index contributed by atoms with van der Waals surface area (Å²) in [6, 6.07) is 11.5. The molecule has 1 N–H and O–H groups in total. The first kappa shape index (κ1) is 17.6. The van der Waals surface area contributed by atoms with Crippen molar-refractivity contribution in [1.82, 2.24) is 0 Å². The topological polar surface area (TPSA) is 49.4 Å². The molecule has 2 amide bonds. The summed E-state index contributed by atoms with van der Waals surface area (Å²) in [6.07, 6.45) is -4.62. The van der Waals surface area contributed by atoms with Crippen LogP contribution in [-0.2, 0) is 11.0 Å². The third kappa shape index (κ3) is 3.59. The van der Waals surface area contributed by atoms with Crippen LogP contribution in [0.4, 0.5) is 29.3 Å². The van der Waals surface area contributed by atoms with Crippen LogP contribution in [0.5, 0.6) is 0 Å². The molecule has 25 heavy (non-hydrogen) atoms. The van der Waals surface area contributed by atoms with E-state index in [9.17, 15) is 22.8 Å². The molecule has 2 aromatic rings. The molecule has 1 unspecified atom stereocenters. The van der Waals surface area contributed by atoms with Gasteiger partial charge in [0.15, 0.2) is 5.37 Å². The minimum absolute atomic E-state index is 0.0466. The van der Waals surface area contributed by atoms with Gasteiger partial charge >= 0.3 is 6.18 Å². The van der Waals surface area contributed by atoms with E-state index in [0.29, 0.717) is 17.4 Å². The largest absolute Gasteiger partial charge is 0.417 e. The van der Waals surface area contributed by atoms with Crippen molar-refractivity contribution < 1.29 is 22.8 Å². The number of hydrogen-bond donors (Lipinski definition) is 1. The molecule has 0 radical (unpaired) electrons. The molecule has 130 valence electrons. The molecule has 1 aliphatic rings. The summed E-state index contributed by atoms with van der Waals surface area (Å²) in [5.74, 6) is -0.551. The van der Waals surface area contributed by atoms with Gasteiger partial charge in [0.25, 0.3) is 11.1 Å². The third-order valence-corrected chi connectivity index (χ3v) is 4.70. The van der Waals surface area contributed by atoms with Crippen LogP contribution in [0.3, 0.4) is 0 Å². The molecule has 0 aromatic heterocycles. The van der Waals surface area contributed by atoms with E-state index in [-0.39, 0.29) is 5.69 Å². The maximum absolute atomic E-state index is 12.9. The van der Waals surface area contributed by atoms with Crippen LogP contribution >= 0.6 is 23.4 Å². The van der Waals surface area contributed by atoms with Crippen LogP contribution in [0.15, 0.2) is 48.5 Å². The number of benzene rings is 2. The Morgan fingerprint density at radius 3 is 2.40 bits per heavy atom. The number of thioether (sulfide) groups is 1. The van der Waals surface area contributed by atoms with E-state index in [1.54, 1.807) is 30.3 Å². The number of hydrogen-bond acceptors (Lipinski definition) is 4. The highest BCUT2D eigenvalue weighted by Gasteiger charge is 2.41. The zero-order valence-electron chi connectivity index (χ0n) is 12.4. The van der Waals surface area contributed by atoms with Gasteiger partial charge in [0.05, 0.1) is 16.3 Å². The van der Waals surface area contributed by atoms with Gasteiger partial charge in [0, 0.05) is 5.69 Å². The zero-order chi connectivity index (χ0) is 18.2. The second-order valence-electron chi connectivity index (χ2n) is 5.11. The van der Waals surface area contributed by atoms with Crippen LogP contribution in [0, 0.1) is 0 Å².